The molecule has 0 unspecified atom stereocenters. The smallest absolute Gasteiger partial charge is 0.356 e. The van der Waals surface area contributed by atoms with Gasteiger partial charge in [-0.2, -0.15) is 23.4 Å². The van der Waals surface area contributed by atoms with Gasteiger partial charge in [0.25, 0.3) is 0 Å². The first-order valence-corrected chi connectivity index (χ1v) is 9.52. The topological polar surface area (TPSA) is 64.7 Å². The molecule has 150 valence electrons. The highest BCUT2D eigenvalue weighted by Crippen LogP contribution is 2.35. The van der Waals surface area contributed by atoms with E-state index in [1.165, 1.54) is 11.6 Å². The molecule has 2 rings (SSSR count). The molecule has 1 amide bonds. The van der Waals surface area contributed by atoms with E-state index in [1.54, 1.807) is 11.6 Å². The maximum Gasteiger partial charge on any atom is 0.436 e. The summed E-state index contributed by atoms with van der Waals surface area (Å²) in [6, 6.07) is 0. The number of amides is 1. The van der Waals surface area contributed by atoms with E-state index in [0.29, 0.717) is 41.1 Å². The van der Waals surface area contributed by atoms with Crippen LogP contribution in [0.4, 0.5) is 13.2 Å². The molecule has 0 aromatic carbocycles. The zero-order chi connectivity index (χ0) is 20.4. The summed E-state index contributed by atoms with van der Waals surface area (Å²) in [5.41, 5.74) is -0.0501. The van der Waals surface area contributed by atoms with Crippen molar-refractivity contribution in [2.75, 3.05) is 6.54 Å². The molecule has 0 fully saturated rings. The summed E-state index contributed by atoms with van der Waals surface area (Å²) in [7, 11) is 0. The van der Waals surface area contributed by atoms with Crippen molar-refractivity contribution >= 4 is 45.0 Å². The lowest BCUT2D eigenvalue weighted by molar-refractivity contribution is -0.142. The van der Waals surface area contributed by atoms with Crippen LogP contribution in [-0.2, 0) is 24.1 Å². The summed E-state index contributed by atoms with van der Waals surface area (Å²) in [5, 5.41) is 11.2. The molecular formula is C15H17BrCl2F3N5O. The highest BCUT2D eigenvalue weighted by molar-refractivity contribution is 9.10. The Balaban J connectivity index is 1.79. The molecule has 1 N–H and O–H groups in total. The van der Waals surface area contributed by atoms with Gasteiger partial charge in [0.2, 0.25) is 5.91 Å². The summed E-state index contributed by atoms with van der Waals surface area (Å²) in [4.78, 5) is 11.9. The molecule has 2 heterocycles. The average Bonchev–Trinajstić information content (AvgIpc) is 3.01. The molecule has 2 aromatic rings. The van der Waals surface area contributed by atoms with Crippen LogP contribution in [0.15, 0.2) is 4.47 Å². The van der Waals surface area contributed by atoms with Gasteiger partial charge in [-0.15, -0.1) is 0 Å². The molecule has 0 atom stereocenters. The predicted molar refractivity (Wildman–Crippen MR) is 98.9 cm³/mol. The third-order valence-electron chi connectivity index (χ3n) is 3.82. The van der Waals surface area contributed by atoms with E-state index in [9.17, 15) is 18.0 Å². The van der Waals surface area contributed by atoms with E-state index >= 15 is 0 Å². The monoisotopic (exact) mass is 489 g/mol. The van der Waals surface area contributed by atoms with E-state index in [2.05, 4.69) is 31.4 Å². The number of aromatic nitrogens is 4. The summed E-state index contributed by atoms with van der Waals surface area (Å²) < 4.78 is 41.1. The van der Waals surface area contributed by atoms with Crippen molar-refractivity contribution in [3.63, 3.8) is 0 Å². The number of rotatable bonds is 7. The predicted octanol–water partition coefficient (Wildman–Crippen LogP) is 4.38. The second-order valence-electron chi connectivity index (χ2n) is 5.84. The van der Waals surface area contributed by atoms with Gasteiger partial charge in [-0.1, -0.05) is 23.2 Å². The van der Waals surface area contributed by atoms with Crippen molar-refractivity contribution in [1.82, 2.24) is 24.9 Å². The average molecular weight is 491 g/mol. The Labute approximate surface area is 172 Å². The molecule has 0 saturated heterocycles. The van der Waals surface area contributed by atoms with Gasteiger partial charge in [0.1, 0.15) is 10.2 Å². The standard InChI is InChI=1S/C15H17BrCl2F3N5O/c1-8-12(17)14(18)26(23-8)6-3-5-22-10(27)4-7-25-9(2)11(16)13(24-25)15(19,20)21/h3-7H2,1-2H3,(H,22,27). The van der Waals surface area contributed by atoms with E-state index in [1.807, 2.05) is 0 Å². The van der Waals surface area contributed by atoms with Crippen molar-refractivity contribution in [3.05, 3.63) is 31.7 Å². The largest absolute Gasteiger partial charge is 0.436 e. The third kappa shape index (κ3) is 5.39. The van der Waals surface area contributed by atoms with Crippen molar-refractivity contribution < 1.29 is 18.0 Å². The first kappa shape index (κ1) is 22.0. The first-order chi connectivity index (χ1) is 12.5. The van der Waals surface area contributed by atoms with Gasteiger partial charge in [-0.25, -0.2) is 0 Å². The van der Waals surface area contributed by atoms with Crippen LogP contribution >= 0.6 is 39.1 Å². The highest BCUT2D eigenvalue weighted by atomic mass is 79.9. The maximum atomic E-state index is 12.8. The van der Waals surface area contributed by atoms with Crippen LogP contribution in [0, 0.1) is 13.8 Å². The number of halogens is 6. The molecule has 0 bridgehead atoms. The normalized spacial score (nSPS) is 11.9. The number of nitrogens with zero attached hydrogens (tertiary/aromatic N) is 4. The van der Waals surface area contributed by atoms with Gasteiger partial charge in [0.15, 0.2) is 5.69 Å². The van der Waals surface area contributed by atoms with Crippen molar-refractivity contribution in [1.29, 1.82) is 0 Å². The lowest BCUT2D eigenvalue weighted by atomic mass is 10.3. The number of carbonyl (C=O) groups excluding carboxylic acids is 1. The summed E-state index contributed by atoms with van der Waals surface area (Å²) >= 11 is 14.9. The van der Waals surface area contributed by atoms with Crippen LogP contribution in [0.2, 0.25) is 10.2 Å². The van der Waals surface area contributed by atoms with E-state index in [-0.39, 0.29) is 23.3 Å². The summed E-state index contributed by atoms with van der Waals surface area (Å²) in [6.07, 6.45) is -3.96. The first-order valence-electron chi connectivity index (χ1n) is 7.97. The number of hydrogen-bond acceptors (Lipinski definition) is 3. The molecule has 0 radical (unpaired) electrons. The molecule has 2 aromatic heterocycles. The number of alkyl halides is 3. The molecule has 27 heavy (non-hydrogen) atoms. The van der Waals surface area contributed by atoms with Gasteiger partial charge >= 0.3 is 6.18 Å². The van der Waals surface area contributed by atoms with Crippen LogP contribution in [0.1, 0.15) is 29.9 Å². The van der Waals surface area contributed by atoms with E-state index in [4.69, 9.17) is 23.2 Å². The second-order valence-corrected chi connectivity index (χ2v) is 7.36. The van der Waals surface area contributed by atoms with Crippen LogP contribution < -0.4 is 5.32 Å². The van der Waals surface area contributed by atoms with Gasteiger partial charge in [-0.05, 0) is 36.2 Å². The Hall–Kier alpha value is -1.26. The minimum Gasteiger partial charge on any atom is -0.356 e. The molecule has 0 aliphatic heterocycles. The zero-order valence-electron chi connectivity index (χ0n) is 14.5. The Kier molecular flexibility index (Phi) is 7.20. The lowest BCUT2D eigenvalue weighted by Gasteiger charge is -2.07. The minimum atomic E-state index is -4.55. The van der Waals surface area contributed by atoms with Crippen LogP contribution in [0.3, 0.4) is 0 Å². The molecule has 0 aliphatic carbocycles. The van der Waals surface area contributed by atoms with Crippen LogP contribution in [0.25, 0.3) is 0 Å². The molecule has 0 saturated carbocycles. The molecule has 12 heteroatoms. The number of hydrogen-bond donors (Lipinski definition) is 1. The number of nitrogens with one attached hydrogen (secondary N) is 1. The van der Waals surface area contributed by atoms with Crippen molar-refractivity contribution in [2.45, 2.75) is 46.0 Å². The molecule has 6 nitrogen and oxygen atoms in total. The van der Waals surface area contributed by atoms with Gasteiger partial charge in [0, 0.05) is 19.5 Å². The number of aryl methyl sites for hydroxylation is 3. The van der Waals surface area contributed by atoms with E-state index in [0.717, 1.165) is 0 Å². The summed E-state index contributed by atoms with van der Waals surface area (Å²) in [6.45, 7) is 4.15. The fourth-order valence-electron chi connectivity index (χ4n) is 2.36. The maximum absolute atomic E-state index is 12.8. The molecule has 0 spiro atoms. The molecule has 0 aliphatic rings. The summed E-state index contributed by atoms with van der Waals surface area (Å²) in [5.74, 6) is -0.282. The number of carbonyl (C=O) groups is 1. The Bertz CT molecular complexity index is 835. The van der Waals surface area contributed by atoms with E-state index < -0.39 is 11.9 Å². The Morgan fingerprint density at radius 2 is 1.85 bits per heavy atom. The Morgan fingerprint density at radius 3 is 2.37 bits per heavy atom. The fourth-order valence-corrected chi connectivity index (χ4v) is 3.26. The third-order valence-corrected chi connectivity index (χ3v) is 5.70. The molecular weight excluding hydrogens is 474 g/mol. The van der Waals surface area contributed by atoms with Crippen LogP contribution in [-0.4, -0.2) is 32.0 Å². The van der Waals surface area contributed by atoms with Crippen LogP contribution in [0.5, 0.6) is 0 Å². The van der Waals surface area contributed by atoms with Gasteiger partial charge in [-0.3, -0.25) is 14.2 Å². The quantitative estimate of drug-likeness (QED) is 0.585. The second kappa shape index (κ2) is 8.83. The lowest BCUT2D eigenvalue weighted by Crippen LogP contribution is -2.26. The highest BCUT2D eigenvalue weighted by Gasteiger charge is 2.37. The Morgan fingerprint density at radius 1 is 1.19 bits per heavy atom. The zero-order valence-corrected chi connectivity index (χ0v) is 17.6. The van der Waals surface area contributed by atoms with Gasteiger partial charge in [0.05, 0.1) is 22.4 Å². The fraction of sp³-hybridized carbons (Fsp3) is 0.533. The van der Waals surface area contributed by atoms with Crippen molar-refractivity contribution in [2.24, 2.45) is 0 Å². The minimum absolute atomic E-state index is 0.0136. The SMILES string of the molecule is Cc1nn(CCCNC(=O)CCn2nc(C(F)(F)F)c(Br)c2C)c(Cl)c1Cl. The van der Waals surface area contributed by atoms with Gasteiger partial charge < -0.3 is 5.32 Å². The van der Waals surface area contributed by atoms with Crippen molar-refractivity contribution in [3.8, 4) is 0 Å².